The molecule has 0 rings (SSSR count). The molecule has 0 heterocycles. The van der Waals surface area contributed by atoms with Crippen molar-refractivity contribution in [3.8, 4) is 0 Å². The van der Waals surface area contributed by atoms with Crippen LogP contribution in [0, 0.1) is 0 Å². The first-order valence-corrected chi connectivity index (χ1v) is 0.651. The molecule has 0 fully saturated rings. The standard InChI is InChI=1S/CH2O3.2Na.S/c2-1(3)4;;;/h(H2,2,3,4);;;/q;2*+1;-2. The Bertz CT molecular complexity index is 35.9. The summed E-state index contributed by atoms with van der Waals surface area (Å²) in [5, 5.41) is 13.9. The number of carbonyl (C=O) groups is 1. The van der Waals surface area contributed by atoms with E-state index < -0.39 is 6.16 Å². The molecular weight excluding hydrogens is 138 g/mol. The van der Waals surface area contributed by atoms with Crippen LogP contribution in [0.2, 0.25) is 0 Å². The molecule has 0 bridgehead atoms. The van der Waals surface area contributed by atoms with Crippen LogP contribution in [-0.2, 0) is 13.5 Å². The van der Waals surface area contributed by atoms with Crippen molar-refractivity contribution >= 4 is 19.7 Å². The molecule has 6 heteroatoms. The van der Waals surface area contributed by atoms with Gasteiger partial charge in [0.2, 0.25) is 0 Å². The minimum absolute atomic E-state index is 0. The van der Waals surface area contributed by atoms with Crippen LogP contribution in [0.25, 0.3) is 0 Å². The third kappa shape index (κ3) is 91.7. The molecule has 2 N–H and O–H groups in total. The van der Waals surface area contributed by atoms with Gasteiger partial charge in [-0.15, -0.1) is 0 Å². The molecule has 0 unspecified atom stereocenters. The topological polar surface area (TPSA) is 57.5 Å². The van der Waals surface area contributed by atoms with E-state index in [1.54, 1.807) is 0 Å². The van der Waals surface area contributed by atoms with Gasteiger partial charge < -0.3 is 23.7 Å². The van der Waals surface area contributed by atoms with Gasteiger partial charge in [0.25, 0.3) is 0 Å². The van der Waals surface area contributed by atoms with Gasteiger partial charge in [0.05, 0.1) is 0 Å². The Morgan fingerprint density at radius 1 is 1.14 bits per heavy atom. The largest absolute Gasteiger partial charge is 2.00 e. The Morgan fingerprint density at radius 3 is 1.14 bits per heavy atom. The van der Waals surface area contributed by atoms with Crippen LogP contribution >= 0.6 is 0 Å². The Kier molecular flexibility index (Phi) is 52.4. The molecule has 0 aliphatic rings. The molecule has 0 aliphatic carbocycles. The summed E-state index contributed by atoms with van der Waals surface area (Å²) in [6.07, 6.45) is -1.83. The molecule has 3 nitrogen and oxygen atoms in total. The summed E-state index contributed by atoms with van der Waals surface area (Å²) in [7, 11) is 0. The molecule has 0 atom stereocenters. The predicted molar refractivity (Wildman–Crippen MR) is 18.0 cm³/mol. The molecule has 0 aromatic heterocycles. The van der Waals surface area contributed by atoms with Crippen LogP contribution in [0.3, 0.4) is 0 Å². The molecular formula is CH2Na2O3S. The van der Waals surface area contributed by atoms with Crippen molar-refractivity contribution in [2.24, 2.45) is 0 Å². The van der Waals surface area contributed by atoms with Crippen molar-refractivity contribution in [3.05, 3.63) is 0 Å². The van der Waals surface area contributed by atoms with E-state index in [2.05, 4.69) is 0 Å². The zero-order valence-corrected chi connectivity index (χ0v) is 9.03. The van der Waals surface area contributed by atoms with Crippen LogP contribution in [0.5, 0.6) is 0 Å². The van der Waals surface area contributed by atoms with Gasteiger partial charge in [-0.25, -0.2) is 4.79 Å². The van der Waals surface area contributed by atoms with E-state index in [0.717, 1.165) is 0 Å². The Balaban J connectivity index is -0.0000000150. The number of carboxylic acid groups (broad SMARTS) is 2. The van der Waals surface area contributed by atoms with E-state index >= 15 is 0 Å². The van der Waals surface area contributed by atoms with E-state index in [-0.39, 0.29) is 72.6 Å². The van der Waals surface area contributed by atoms with Gasteiger partial charge >= 0.3 is 65.3 Å². The normalized spacial score (nSPS) is 3.43. The third-order valence-electron chi connectivity index (χ3n) is 0. The summed E-state index contributed by atoms with van der Waals surface area (Å²) in [5.41, 5.74) is 0. The van der Waals surface area contributed by atoms with Crippen molar-refractivity contribution in [3.63, 3.8) is 0 Å². The van der Waals surface area contributed by atoms with Crippen molar-refractivity contribution in [1.82, 2.24) is 0 Å². The molecule has 0 aromatic rings. The molecule has 0 saturated heterocycles. The molecule has 0 aromatic carbocycles. The van der Waals surface area contributed by atoms with Crippen LogP contribution in [-0.4, -0.2) is 16.4 Å². The summed E-state index contributed by atoms with van der Waals surface area (Å²) in [5.74, 6) is 0. The fraction of sp³-hybridized carbons (Fsp3) is 0. The average molecular weight is 140 g/mol. The first kappa shape index (κ1) is 23.4. The second-order valence-electron chi connectivity index (χ2n) is 0.283. The van der Waals surface area contributed by atoms with E-state index in [1.807, 2.05) is 0 Å². The van der Waals surface area contributed by atoms with Gasteiger partial charge in [0, 0.05) is 0 Å². The maximum Gasteiger partial charge on any atom is 1.00 e. The van der Waals surface area contributed by atoms with E-state index in [4.69, 9.17) is 15.0 Å². The Hall–Kier alpha value is 1.62. The summed E-state index contributed by atoms with van der Waals surface area (Å²) in [6, 6.07) is 0. The van der Waals surface area contributed by atoms with Crippen molar-refractivity contribution in [2.45, 2.75) is 0 Å². The number of rotatable bonds is 0. The monoisotopic (exact) mass is 140 g/mol. The first-order valence-electron chi connectivity index (χ1n) is 0.651. The Morgan fingerprint density at radius 2 is 1.14 bits per heavy atom. The maximum absolute atomic E-state index is 8.56. The fourth-order valence-electron chi connectivity index (χ4n) is 0. The van der Waals surface area contributed by atoms with E-state index in [9.17, 15) is 0 Å². The van der Waals surface area contributed by atoms with Gasteiger partial charge in [0.15, 0.2) is 0 Å². The van der Waals surface area contributed by atoms with Gasteiger partial charge in [-0.3, -0.25) is 0 Å². The molecule has 0 radical (unpaired) electrons. The number of hydrogen-bond donors (Lipinski definition) is 2. The quantitative estimate of drug-likeness (QED) is 0.329. The second-order valence-corrected chi connectivity index (χ2v) is 0.283. The minimum atomic E-state index is -1.83. The van der Waals surface area contributed by atoms with Gasteiger partial charge in [-0.05, 0) is 0 Å². The van der Waals surface area contributed by atoms with Crippen LogP contribution in [0.15, 0.2) is 0 Å². The van der Waals surface area contributed by atoms with E-state index in [1.165, 1.54) is 0 Å². The van der Waals surface area contributed by atoms with Crippen LogP contribution in [0.1, 0.15) is 0 Å². The van der Waals surface area contributed by atoms with Gasteiger partial charge in [0.1, 0.15) is 0 Å². The third-order valence-corrected chi connectivity index (χ3v) is 0. The maximum atomic E-state index is 8.56. The average Bonchev–Trinajstić information content (AvgIpc) is 0.811. The Labute approximate surface area is 92.5 Å². The molecule has 0 spiro atoms. The summed E-state index contributed by atoms with van der Waals surface area (Å²) >= 11 is 0. The van der Waals surface area contributed by atoms with Crippen molar-refractivity contribution in [2.75, 3.05) is 0 Å². The molecule has 7 heavy (non-hydrogen) atoms. The fourth-order valence-corrected chi connectivity index (χ4v) is 0. The molecule has 0 saturated carbocycles. The van der Waals surface area contributed by atoms with Gasteiger partial charge in [-0.2, -0.15) is 0 Å². The van der Waals surface area contributed by atoms with Crippen molar-refractivity contribution < 1.29 is 74.1 Å². The SMILES string of the molecule is O=C(O)O.[Na+].[Na+].[S-2]. The van der Waals surface area contributed by atoms with Crippen LogP contribution < -0.4 is 59.1 Å². The first-order chi connectivity index (χ1) is 1.73. The molecule has 0 aliphatic heterocycles. The van der Waals surface area contributed by atoms with Crippen molar-refractivity contribution in [1.29, 1.82) is 0 Å². The summed E-state index contributed by atoms with van der Waals surface area (Å²) in [6.45, 7) is 0. The van der Waals surface area contributed by atoms with Crippen LogP contribution in [0.4, 0.5) is 4.79 Å². The zero-order valence-electron chi connectivity index (χ0n) is 4.21. The smallest absolute Gasteiger partial charge is 1.00 e. The summed E-state index contributed by atoms with van der Waals surface area (Å²) < 4.78 is 0. The molecule has 32 valence electrons. The zero-order chi connectivity index (χ0) is 3.58. The van der Waals surface area contributed by atoms with E-state index in [0.29, 0.717) is 0 Å². The number of hydrogen-bond acceptors (Lipinski definition) is 1. The summed E-state index contributed by atoms with van der Waals surface area (Å²) in [4.78, 5) is 8.56. The predicted octanol–water partition coefficient (Wildman–Crippen LogP) is -5.77. The second kappa shape index (κ2) is 15.6. The molecule has 0 amide bonds. The minimum Gasteiger partial charge on any atom is -2.00 e. The van der Waals surface area contributed by atoms with Gasteiger partial charge in [-0.1, -0.05) is 0 Å².